The normalized spacial score (nSPS) is 13.8. The Labute approximate surface area is 188 Å². The number of pyridine rings is 1. The number of piperazine rings is 1. The summed E-state index contributed by atoms with van der Waals surface area (Å²) in [6.07, 6.45) is 2.17. The van der Waals surface area contributed by atoms with E-state index in [-0.39, 0.29) is 30.7 Å². The fraction of sp³-hybridized carbons (Fsp3) is 0.269. The maximum atomic E-state index is 12.7. The topological polar surface area (TPSA) is 65.5 Å². The zero-order valence-electron chi connectivity index (χ0n) is 18.1. The number of benzene rings is 2. The number of hydrogen-bond donors (Lipinski definition) is 1. The van der Waals surface area contributed by atoms with Crippen LogP contribution in [0.15, 0.2) is 85.1 Å². The van der Waals surface area contributed by atoms with E-state index in [1.165, 1.54) is 0 Å². The lowest BCUT2D eigenvalue weighted by Gasteiger charge is -2.35. The largest absolute Gasteiger partial charge is 0.353 e. The molecule has 1 N–H and O–H groups in total. The van der Waals surface area contributed by atoms with E-state index >= 15 is 0 Å². The van der Waals surface area contributed by atoms with E-state index in [1.54, 1.807) is 6.20 Å². The first-order valence-corrected chi connectivity index (χ1v) is 11.0. The highest BCUT2D eigenvalue weighted by molar-refractivity contribution is 5.84. The van der Waals surface area contributed by atoms with Gasteiger partial charge in [0.1, 0.15) is 5.82 Å². The highest BCUT2D eigenvalue weighted by atomic mass is 16.2. The van der Waals surface area contributed by atoms with E-state index in [4.69, 9.17) is 0 Å². The molecule has 0 radical (unpaired) electrons. The molecule has 164 valence electrons. The Morgan fingerprint density at radius 2 is 1.38 bits per heavy atom. The second-order valence-corrected chi connectivity index (χ2v) is 7.88. The number of aromatic nitrogens is 1. The lowest BCUT2D eigenvalue weighted by Crippen LogP contribution is -2.49. The van der Waals surface area contributed by atoms with Gasteiger partial charge in [0.25, 0.3) is 0 Å². The van der Waals surface area contributed by atoms with Crippen molar-refractivity contribution < 1.29 is 9.59 Å². The predicted octanol–water partition coefficient (Wildman–Crippen LogP) is 3.42. The molecule has 0 unspecified atom stereocenters. The minimum atomic E-state index is -0.234. The molecule has 0 bridgehead atoms. The Bertz CT molecular complexity index is 964. The van der Waals surface area contributed by atoms with Crippen molar-refractivity contribution in [1.29, 1.82) is 0 Å². The molecule has 6 heteroatoms. The number of rotatable bonds is 7. The third-order valence-electron chi connectivity index (χ3n) is 5.74. The van der Waals surface area contributed by atoms with Crippen LogP contribution in [0.2, 0.25) is 0 Å². The summed E-state index contributed by atoms with van der Waals surface area (Å²) < 4.78 is 0. The minimum absolute atomic E-state index is 0.0248. The molecule has 4 rings (SSSR count). The molecule has 1 fully saturated rings. The van der Waals surface area contributed by atoms with Gasteiger partial charge in [-0.1, -0.05) is 66.7 Å². The first kappa shape index (κ1) is 21.6. The number of carbonyl (C=O) groups excluding carboxylic acids is 2. The average Bonchev–Trinajstić information content (AvgIpc) is 2.87. The van der Waals surface area contributed by atoms with Crippen LogP contribution in [-0.4, -0.2) is 47.9 Å². The molecular weight excluding hydrogens is 400 g/mol. The van der Waals surface area contributed by atoms with Crippen molar-refractivity contribution in [2.75, 3.05) is 31.1 Å². The SMILES string of the molecule is O=C(CCC(=O)N1CCN(c2ccccn2)CC1)NC(c1ccccc1)c1ccccc1. The summed E-state index contributed by atoms with van der Waals surface area (Å²) in [6, 6.07) is 25.4. The van der Waals surface area contributed by atoms with Crippen LogP contribution >= 0.6 is 0 Å². The number of carbonyl (C=O) groups is 2. The maximum absolute atomic E-state index is 12.7. The highest BCUT2D eigenvalue weighted by Crippen LogP contribution is 2.22. The smallest absolute Gasteiger partial charge is 0.223 e. The van der Waals surface area contributed by atoms with Gasteiger partial charge in [0.2, 0.25) is 11.8 Å². The zero-order chi connectivity index (χ0) is 22.2. The van der Waals surface area contributed by atoms with Gasteiger partial charge in [0.05, 0.1) is 6.04 Å². The van der Waals surface area contributed by atoms with Gasteiger partial charge < -0.3 is 15.1 Å². The molecule has 3 aromatic rings. The predicted molar refractivity (Wildman–Crippen MR) is 125 cm³/mol. The second kappa shape index (κ2) is 10.6. The lowest BCUT2D eigenvalue weighted by molar-refractivity contribution is -0.134. The Hall–Kier alpha value is -3.67. The zero-order valence-corrected chi connectivity index (χ0v) is 18.1. The Balaban J connectivity index is 1.29. The van der Waals surface area contributed by atoms with Gasteiger partial charge in [0, 0.05) is 45.2 Å². The lowest BCUT2D eigenvalue weighted by atomic mass is 9.98. The summed E-state index contributed by atoms with van der Waals surface area (Å²) in [5.41, 5.74) is 2.04. The second-order valence-electron chi connectivity index (χ2n) is 7.88. The summed E-state index contributed by atoms with van der Waals surface area (Å²) in [5, 5.41) is 3.11. The van der Waals surface area contributed by atoms with Crippen molar-refractivity contribution in [1.82, 2.24) is 15.2 Å². The van der Waals surface area contributed by atoms with Gasteiger partial charge in [-0.3, -0.25) is 9.59 Å². The van der Waals surface area contributed by atoms with Crippen molar-refractivity contribution in [3.05, 3.63) is 96.2 Å². The molecule has 1 saturated heterocycles. The van der Waals surface area contributed by atoms with Gasteiger partial charge in [-0.15, -0.1) is 0 Å². The first-order chi connectivity index (χ1) is 15.7. The van der Waals surface area contributed by atoms with Gasteiger partial charge in [0.15, 0.2) is 0 Å². The van der Waals surface area contributed by atoms with Crippen LogP contribution in [0.25, 0.3) is 0 Å². The molecule has 2 heterocycles. The van der Waals surface area contributed by atoms with Crippen LogP contribution in [0.1, 0.15) is 30.0 Å². The number of nitrogens with one attached hydrogen (secondary N) is 1. The van der Waals surface area contributed by atoms with Gasteiger partial charge >= 0.3 is 0 Å². The Kier molecular flexibility index (Phi) is 7.12. The molecule has 0 atom stereocenters. The van der Waals surface area contributed by atoms with E-state index in [9.17, 15) is 9.59 Å². The summed E-state index contributed by atoms with van der Waals surface area (Å²) in [6.45, 7) is 2.79. The van der Waals surface area contributed by atoms with Gasteiger partial charge in [-0.05, 0) is 23.3 Å². The van der Waals surface area contributed by atoms with Crippen molar-refractivity contribution in [2.24, 2.45) is 0 Å². The summed E-state index contributed by atoms with van der Waals surface area (Å²) in [5.74, 6) is 0.840. The summed E-state index contributed by atoms with van der Waals surface area (Å²) in [4.78, 5) is 33.8. The van der Waals surface area contributed by atoms with Crippen molar-refractivity contribution in [2.45, 2.75) is 18.9 Å². The molecule has 1 aromatic heterocycles. The molecule has 0 spiro atoms. The van der Waals surface area contributed by atoms with Crippen LogP contribution < -0.4 is 10.2 Å². The van der Waals surface area contributed by atoms with Gasteiger partial charge in [-0.25, -0.2) is 4.98 Å². The summed E-state index contributed by atoms with van der Waals surface area (Å²) >= 11 is 0. The van der Waals surface area contributed by atoms with Crippen molar-refractivity contribution in [3.8, 4) is 0 Å². The van der Waals surface area contributed by atoms with Gasteiger partial charge in [-0.2, -0.15) is 0 Å². The average molecular weight is 429 g/mol. The maximum Gasteiger partial charge on any atom is 0.223 e. The monoisotopic (exact) mass is 428 g/mol. The Morgan fingerprint density at radius 1 is 0.781 bits per heavy atom. The number of anilines is 1. The quantitative estimate of drug-likeness (QED) is 0.626. The van der Waals surface area contributed by atoms with Crippen LogP contribution in [0, 0.1) is 0 Å². The van der Waals surface area contributed by atoms with Crippen LogP contribution in [0.4, 0.5) is 5.82 Å². The van der Waals surface area contributed by atoms with E-state index in [1.807, 2.05) is 83.8 Å². The van der Waals surface area contributed by atoms with Crippen LogP contribution in [0.3, 0.4) is 0 Å². The van der Waals surface area contributed by atoms with E-state index in [0.29, 0.717) is 13.1 Å². The Morgan fingerprint density at radius 3 is 1.94 bits per heavy atom. The highest BCUT2D eigenvalue weighted by Gasteiger charge is 2.23. The molecule has 0 aliphatic carbocycles. The van der Waals surface area contributed by atoms with Crippen molar-refractivity contribution >= 4 is 17.6 Å². The minimum Gasteiger partial charge on any atom is -0.353 e. The number of hydrogen-bond acceptors (Lipinski definition) is 4. The molecule has 1 aliphatic heterocycles. The van der Waals surface area contributed by atoms with E-state index in [2.05, 4.69) is 15.2 Å². The molecule has 1 aliphatic rings. The number of nitrogens with zero attached hydrogens (tertiary/aromatic N) is 3. The van der Waals surface area contributed by atoms with Crippen LogP contribution in [-0.2, 0) is 9.59 Å². The molecule has 2 aromatic carbocycles. The molecule has 0 saturated carbocycles. The third-order valence-corrected chi connectivity index (χ3v) is 5.74. The third kappa shape index (κ3) is 5.52. The molecule has 6 nitrogen and oxygen atoms in total. The van der Waals surface area contributed by atoms with Crippen molar-refractivity contribution in [3.63, 3.8) is 0 Å². The van der Waals surface area contributed by atoms with E-state index < -0.39 is 0 Å². The summed E-state index contributed by atoms with van der Waals surface area (Å²) in [7, 11) is 0. The van der Waals surface area contributed by atoms with Crippen LogP contribution in [0.5, 0.6) is 0 Å². The van der Waals surface area contributed by atoms with E-state index in [0.717, 1.165) is 30.0 Å². The fourth-order valence-electron chi connectivity index (χ4n) is 3.99. The first-order valence-electron chi connectivity index (χ1n) is 11.0. The molecule has 2 amide bonds. The molecular formula is C26H28N4O2. The molecule has 32 heavy (non-hydrogen) atoms. The number of amides is 2. The standard InChI is InChI=1S/C26H28N4O2/c31-24(28-26(21-9-3-1-4-10-21)22-11-5-2-6-12-22)14-15-25(32)30-19-17-29(18-20-30)23-13-7-8-16-27-23/h1-13,16,26H,14-15,17-20H2,(H,28,31). The fourth-order valence-corrected chi connectivity index (χ4v) is 3.99.